The van der Waals surface area contributed by atoms with Crippen LogP contribution in [0.1, 0.15) is 42.3 Å². The highest BCUT2D eigenvalue weighted by Crippen LogP contribution is 2.19. The van der Waals surface area contributed by atoms with E-state index in [1.54, 1.807) is 6.92 Å². The molecule has 0 saturated heterocycles. The third kappa shape index (κ3) is 6.58. The minimum atomic E-state index is -3.82. The first-order chi connectivity index (χ1) is 13.7. The van der Waals surface area contributed by atoms with E-state index in [1.165, 1.54) is 48.5 Å². The molecule has 0 bridgehead atoms. The largest absolute Gasteiger partial charge is 0.452 e. The number of esters is 1. The average Bonchev–Trinajstić information content (AvgIpc) is 2.70. The Kier molecular flexibility index (Phi) is 7.74. The van der Waals surface area contributed by atoms with Gasteiger partial charge in [0.15, 0.2) is 6.61 Å². The van der Waals surface area contributed by atoms with Crippen molar-refractivity contribution in [3.8, 4) is 0 Å². The summed E-state index contributed by atoms with van der Waals surface area (Å²) in [6, 6.07) is 11.5. The molecule has 1 atom stereocenters. The minimum absolute atomic E-state index is 0.0449. The van der Waals surface area contributed by atoms with E-state index in [9.17, 15) is 23.1 Å². The number of ether oxygens (including phenoxy) is 1. The van der Waals surface area contributed by atoms with Gasteiger partial charge in [0.1, 0.15) is 0 Å². The molecule has 0 spiro atoms. The molecule has 0 fully saturated rings. The number of nitrogens with one attached hydrogen (secondary N) is 2. The number of hydrogen-bond acceptors (Lipinski definition) is 6. The molecule has 0 aliphatic rings. The summed E-state index contributed by atoms with van der Waals surface area (Å²) >= 11 is 0. The maximum atomic E-state index is 12.5. The van der Waals surface area contributed by atoms with Gasteiger partial charge in [-0.2, -0.15) is 0 Å². The van der Waals surface area contributed by atoms with Crippen LogP contribution >= 0.6 is 0 Å². The number of sulfonamides is 1. The fourth-order valence-electron chi connectivity index (χ4n) is 2.34. The molecule has 0 aromatic heterocycles. The van der Waals surface area contributed by atoms with Gasteiger partial charge in [0.05, 0.1) is 16.6 Å². The molecule has 0 radical (unpaired) electrons. The summed E-state index contributed by atoms with van der Waals surface area (Å²) in [5, 5.41) is 12.1. The number of amides is 1. The molecular formula is C20H24N2O6S. The average molecular weight is 420 g/mol. The maximum Gasteiger partial charge on any atom is 0.338 e. The summed E-state index contributed by atoms with van der Waals surface area (Å²) in [5.41, 5.74) is 1.06. The SMILES string of the molecule is CCCNC(=O)COC(=O)c1ccc(NS(=O)(=O)c2ccc([C@H](C)O)cc2)cc1. The van der Waals surface area contributed by atoms with Crippen LogP contribution in [0.2, 0.25) is 0 Å². The number of anilines is 1. The van der Waals surface area contributed by atoms with Crippen molar-refractivity contribution in [2.24, 2.45) is 0 Å². The number of carbonyl (C=O) groups excluding carboxylic acids is 2. The summed E-state index contributed by atoms with van der Waals surface area (Å²) in [6.07, 6.45) is 0.0895. The first-order valence-electron chi connectivity index (χ1n) is 9.07. The van der Waals surface area contributed by atoms with E-state index in [0.29, 0.717) is 12.1 Å². The summed E-state index contributed by atoms with van der Waals surface area (Å²) in [7, 11) is -3.82. The van der Waals surface area contributed by atoms with Crippen LogP contribution in [0.5, 0.6) is 0 Å². The molecule has 8 nitrogen and oxygen atoms in total. The van der Waals surface area contributed by atoms with Gasteiger partial charge in [-0.15, -0.1) is 0 Å². The first-order valence-corrected chi connectivity index (χ1v) is 10.6. The van der Waals surface area contributed by atoms with Crippen molar-refractivity contribution in [2.75, 3.05) is 17.9 Å². The number of benzene rings is 2. The summed E-state index contributed by atoms with van der Waals surface area (Å²) in [4.78, 5) is 23.5. The number of aliphatic hydroxyl groups excluding tert-OH is 1. The molecule has 0 aliphatic carbocycles. The quantitative estimate of drug-likeness (QED) is 0.535. The highest BCUT2D eigenvalue weighted by Gasteiger charge is 2.16. The monoisotopic (exact) mass is 420 g/mol. The van der Waals surface area contributed by atoms with Crippen LogP contribution in [-0.4, -0.2) is 38.6 Å². The van der Waals surface area contributed by atoms with Crippen LogP contribution in [0.3, 0.4) is 0 Å². The predicted molar refractivity (Wildman–Crippen MR) is 108 cm³/mol. The highest BCUT2D eigenvalue weighted by molar-refractivity contribution is 7.92. The second kappa shape index (κ2) is 10.0. The molecule has 0 unspecified atom stereocenters. The molecular weight excluding hydrogens is 396 g/mol. The van der Waals surface area contributed by atoms with E-state index in [1.807, 2.05) is 6.92 Å². The lowest BCUT2D eigenvalue weighted by molar-refractivity contribution is -0.124. The third-order valence-electron chi connectivity index (χ3n) is 3.95. The van der Waals surface area contributed by atoms with Crippen molar-refractivity contribution >= 4 is 27.6 Å². The second-order valence-electron chi connectivity index (χ2n) is 6.35. The van der Waals surface area contributed by atoms with E-state index in [0.717, 1.165) is 6.42 Å². The first kappa shape index (κ1) is 22.4. The molecule has 3 N–H and O–H groups in total. The van der Waals surface area contributed by atoms with E-state index in [-0.39, 0.29) is 28.7 Å². The smallest absolute Gasteiger partial charge is 0.338 e. The van der Waals surface area contributed by atoms with Crippen LogP contribution in [0, 0.1) is 0 Å². The van der Waals surface area contributed by atoms with E-state index >= 15 is 0 Å². The van der Waals surface area contributed by atoms with Gasteiger partial charge in [0.2, 0.25) is 0 Å². The predicted octanol–water partition coefficient (Wildman–Crippen LogP) is 2.22. The zero-order chi connectivity index (χ0) is 21.4. The Morgan fingerprint density at radius 3 is 2.24 bits per heavy atom. The lowest BCUT2D eigenvalue weighted by Gasteiger charge is -2.10. The Bertz CT molecular complexity index is 938. The summed E-state index contributed by atoms with van der Waals surface area (Å²) < 4.78 is 32.2. The molecule has 2 aromatic rings. The van der Waals surface area contributed by atoms with Gasteiger partial charge in [-0.05, 0) is 55.3 Å². The molecule has 2 aromatic carbocycles. The fraction of sp³-hybridized carbons (Fsp3) is 0.300. The van der Waals surface area contributed by atoms with Crippen molar-refractivity contribution < 1.29 is 27.9 Å². The summed E-state index contributed by atoms with van der Waals surface area (Å²) in [6.45, 7) is 3.63. The van der Waals surface area contributed by atoms with E-state index < -0.39 is 22.1 Å². The van der Waals surface area contributed by atoms with Gasteiger partial charge >= 0.3 is 5.97 Å². The zero-order valence-corrected chi connectivity index (χ0v) is 17.0. The van der Waals surface area contributed by atoms with Gasteiger partial charge in [-0.3, -0.25) is 9.52 Å². The standard InChI is InChI=1S/C20H24N2O6S/c1-3-12-21-19(24)13-28-20(25)16-4-8-17(9-5-16)22-29(26,27)18-10-6-15(7-11-18)14(2)23/h4-11,14,22-23H,3,12-13H2,1-2H3,(H,21,24)/t14-/m0/s1. The van der Waals surface area contributed by atoms with Crippen molar-refractivity contribution in [3.05, 3.63) is 59.7 Å². The van der Waals surface area contributed by atoms with Crippen LogP contribution in [0.25, 0.3) is 0 Å². The van der Waals surface area contributed by atoms with Crippen LogP contribution < -0.4 is 10.0 Å². The van der Waals surface area contributed by atoms with Gasteiger partial charge in [-0.1, -0.05) is 19.1 Å². The molecule has 1 amide bonds. The second-order valence-corrected chi connectivity index (χ2v) is 8.04. The normalized spacial score (nSPS) is 12.1. The number of hydrogen-bond donors (Lipinski definition) is 3. The van der Waals surface area contributed by atoms with Crippen molar-refractivity contribution in [2.45, 2.75) is 31.3 Å². The van der Waals surface area contributed by atoms with Crippen molar-refractivity contribution in [1.82, 2.24) is 5.32 Å². The van der Waals surface area contributed by atoms with E-state index in [2.05, 4.69) is 10.0 Å². The Morgan fingerprint density at radius 2 is 1.69 bits per heavy atom. The van der Waals surface area contributed by atoms with Crippen LogP contribution in [0.4, 0.5) is 5.69 Å². The van der Waals surface area contributed by atoms with Crippen LogP contribution in [-0.2, 0) is 19.6 Å². The Labute approximate surface area is 169 Å². The Hall–Kier alpha value is -2.91. The molecule has 29 heavy (non-hydrogen) atoms. The number of aliphatic hydroxyl groups is 1. The van der Waals surface area contributed by atoms with Gasteiger partial charge in [0.25, 0.3) is 15.9 Å². The molecule has 2 rings (SSSR count). The Morgan fingerprint density at radius 1 is 1.07 bits per heavy atom. The molecule has 0 saturated carbocycles. The van der Waals surface area contributed by atoms with Crippen molar-refractivity contribution in [3.63, 3.8) is 0 Å². The number of carbonyl (C=O) groups is 2. The molecule has 9 heteroatoms. The summed E-state index contributed by atoms with van der Waals surface area (Å²) in [5.74, 6) is -1.06. The van der Waals surface area contributed by atoms with Gasteiger partial charge in [0, 0.05) is 12.2 Å². The minimum Gasteiger partial charge on any atom is -0.452 e. The maximum absolute atomic E-state index is 12.5. The third-order valence-corrected chi connectivity index (χ3v) is 5.35. The highest BCUT2D eigenvalue weighted by atomic mass is 32.2. The van der Waals surface area contributed by atoms with Crippen molar-refractivity contribution in [1.29, 1.82) is 0 Å². The Balaban J connectivity index is 1.98. The zero-order valence-electron chi connectivity index (χ0n) is 16.2. The lowest BCUT2D eigenvalue weighted by atomic mass is 10.1. The lowest BCUT2D eigenvalue weighted by Crippen LogP contribution is -2.29. The van der Waals surface area contributed by atoms with E-state index in [4.69, 9.17) is 4.74 Å². The molecule has 0 aliphatic heterocycles. The van der Waals surface area contributed by atoms with Gasteiger partial charge < -0.3 is 15.2 Å². The molecule has 0 heterocycles. The number of rotatable bonds is 9. The van der Waals surface area contributed by atoms with Gasteiger partial charge in [-0.25, -0.2) is 13.2 Å². The molecule has 156 valence electrons. The topological polar surface area (TPSA) is 122 Å². The fourth-order valence-corrected chi connectivity index (χ4v) is 3.40. The van der Waals surface area contributed by atoms with Crippen LogP contribution in [0.15, 0.2) is 53.4 Å².